The first-order valence-electron chi connectivity index (χ1n) is 5.59. The maximum atomic E-state index is 4.33. The van der Waals surface area contributed by atoms with Gasteiger partial charge in [0.25, 0.3) is 0 Å². The first-order chi connectivity index (χ1) is 7.36. The molecule has 2 unspecified atom stereocenters. The maximum Gasteiger partial charge on any atom is 0.0795 e. The van der Waals surface area contributed by atoms with E-state index in [0.29, 0.717) is 6.04 Å². The molecule has 0 spiro atoms. The number of aromatic nitrogens is 1. The van der Waals surface area contributed by atoms with Gasteiger partial charge in [-0.2, -0.15) is 11.8 Å². The third-order valence-electron chi connectivity index (χ3n) is 2.82. The van der Waals surface area contributed by atoms with E-state index in [0.717, 1.165) is 11.8 Å². The Labute approximate surface area is 99.9 Å². The van der Waals surface area contributed by atoms with E-state index in [4.69, 9.17) is 0 Å². The second-order valence-electron chi connectivity index (χ2n) is 4.03. The molecule has 0 aromatic carbocycles. The normalized spacial score (nSPS) is 23.9. The molecule has 1 aromatic rings. The lowest BCUT2D eigenvalue weighted by molar-refractivity contribution is 0.532. The molecule has 0 saturated carbocycles. The first kappa shape index (κ1) is 11.4. The lowest BCUT2D eigenvalue weighted by Gasteiger charge is -2.23. The van der Waals surface area contributed by atoms with Crippen LogP contribution in [0.4, 0.5) is 0 Å². The first-order valence-corrected chi connectivity index (χ1v) is 7.58. The van der Waals surface area contributed by atoms with Crippen LogP contribution in [0.1, 0.15) is 37.9 Å². The van der Waals surface area contributed by atoms with Crippen LogP contribution in [-0.4, -0.2) is 22.5 Å². The van der Waals surface area contributed by atoms with Gasteiger partial charge in [0.15, 0.2) is 0 Å². The smallest absolute Gasteiger partial charge is 0.0795 e. The molecule has 1 aliphatic heterocycles. The zero-order valence-electron chi connectivity index (χ0n) is 9.11. The largest absolute Gasteiger partial charge is 0.308 e. The molecule has 1 fully saturated rings. The predicted octanol–water partition coefficient (Wildman–Crippen LogP) is 3.08. The number of thioether (sulfide) groups is 1. The summed E-state index contributed by atoms with van der Waals surface area (Å²) in [6, 6.07) is 0.402. The molecule has 15 heavy (non-hydrogen) atoms. The summed E-state index contributed by atoms with van der Waals surface area (Å²) in [5.74, 6) is 1.34. The molecule has 2 heterocycles. The van der Waals surface area contributed by atoms with Crippen molar-refractivity contribution in [1.82, 2.24) is 10.3 Å². The Morgan fingerprint density at radius 3 is 3.20 bits per heavy atom. The monoisotopic (exact) mass is 242 g/mol. The highest BCUT2D eigenvalue weighted by Gasteiger charge is 2.15. The molecule has 2 nitrogen and oxygen atoms in total. The van der Waals surface area contributed by atoms with Crippen molar-refractivity contribution >= 4 is 23.1 Å². The fraction of sp³-hybridized carbons (Fsp3) is 0.727. The molecule has 84 valence electrons. The minimum atomic E-state index is 0.402. The number of nitrogens with one attached hydrogen (secondary N) is 1. The molecule has 1 aromatic heterocycles. The van der Waals surface area contributed by atoms with Crippen molar-refractivity contribution in [3.63, 3.8) is 0 Å². The van der Waals surface area contributed by atoms with E-state index in [-0.39, 0.29) is 0 Å². The minimum Gasteiger partial charge on any atom is -0.308 e. The van der Waals surface area contributed by atoms with Crippen LogP contribution in [0.5, 0.6) is 0 Å². The molecule has 1 saturated heterocycles. The van der Waals surface area contributed by atoms with Gasteiger partial charge in [-0.1, -0.05) is 6.42 Å². The van der Waals surface area contributed by atoms with Crippen molar-refractivity contribution < 1.29 is 0 Å². The summed E-state index contributed by atoms with van der Waals surface area (Å²) in [5, 5.41) is 6.53. The van der Waals surface area contributed by atoms with Gasteiger partial charge in [0, 0.05) is 23.2 Å². The van der Waals surface area contributed by atoms with E-state index < -0.39 is 0 Å². The summed E-state index contributed by atoms with van der Waals surface area (Å²) in [4.78, 5) is 4.33. The van der Waals surface area contributed by atoms with Crippen molar-refractivity contribution in [3.8, 4) is 0 Å². The molecule has 0 bridgehead atoms. The fourth-order valence-corrected chi connectivity index (χ4v) is 3.72. The van der Waals surface area contributed by atoms with Crippen molar-refractivity contribution in [3.05, 3.63) is 16.6 Å². The van der Waals surface area contributed by atoms with Gasteiger partial charge < -0.3 is 5.32 Å². The number of hydrogen-bond acceptors (Lipinski definition) is 4. The molecule has 2 atom stereocenters. The van der Waals surface area contributed by atoms with Crippen LogP contribution in [-0.2, 0) is 0 Å². The Hall–Kier alpha value is -0.0600. The van der Waals surface area contributed by atoms with Gasteiger partial charge >= 0.3 is 0 Å². The summed E-state index contributed by atoms with van der Waals surface area (Å²) in [5.41, 5.74) is 3.09. The molecule has 0 aliphatic carbocycles. The van der Waals surface area contributed by atoms with Crippen molar-refractivity contribution in [2.24, 2.45) is 0 Å². The predicted molar refractivity (Wildman–Crippen MR) is 68.6 cm³/mol. The van der Waals surface area contributed by atoms with Crippen LogP contribution in [0.3, 0.4) is 0 Å². The number of rotatable bonds is 4. The van der Waals surface area contributed by atoms with Crippen LogP contribution in [0, 0.1) is 0 Å². The molecule has 0 radical (unpaired) electrons. The fourth-order valence-electron chi connectivity index (χ4n) is 1.82. The second-order valence-corrected chi connectivity index (χ2v) is 6.16. The van der Waals surface area contributed by atoms with Gasteiger partial charge in [-0.25, -0.2) is 4.98 Å². The number of nitrogens with zero attached hydrogens (tertiary/aromatic N) is 1. The van der Waals surface area contributed by atoms with Crippen LogP contribution in [0.2, 0.25) is 0 Å². The molecule has 4 heteroatoms. The summed E-state index contributed by atoms with van der Waals surface area (Å²) in [6.07, 6.45) is 4.19. The Bertz CT molecular complexity index is 268. The quantitative estimate of drug-likeness (QED) is 0.878. The van der Waals surface area contributed by atoms with Gasteiger partial charge in [0.1, 0.15) is 0 Å². The zero-order chi connectivity index (χ0) is 10.5. The number of thiazole rings is 1. The molecule has 1 N–H and O–H groups in total. The SMILES string of the molecule is CC(NCC1CCCCS1)c1cscn1. The Morgan fingerprint density at radius 1 is 1.60 bits per heavy atom. The summed E-state index contributed by atoms with van der Waals surface area (Å²) < 4.78 is 0. The highest BCUT2D eigenvalue weighted by Crippen LogP contribution is 2.25. The van der Waals surface area contributed by atoms with E-state index in [9.17, 15) is 0 Å². The molecule has 2 rings (SSSR count). The van der Waals surface area contributed by atoms with Crippen molar-refractivity contribution in [2.75, 3.05) is 12.3 Å². The lowest BCUT2D eigenvalue weighted by Crippen LogP contribution is -2.29. The molecule has 0 amide bonds. The Balaban J connectivity index is 1.73. The van der Waals surface area contributed by atoms with E-state index >= 15 is 0 Å². The third kappa shape index (κ3) is 3.47. The standard InChI is InChI=1S/C11H18N2S2/c1-9(11-7-14-8-13-11)12-6-10-4-2-3-5-15-10/h7-10,12H,2-6H2,1H3. The number of hydrogen-bond donors (Lipinski definition) is 1. The van der Waals surface area contributed by atoms with Crippen LogP contribution in [0.15, 0.2) is 10.9 Å². The Kier molecular flexibility index (Phi) is 4.47. The van der Waals surface area contributed by atoms with Gasteiger partial charge in [0.05, 0.1) is 11.2 Å². The lowest BCUT2D eigenvalue weighted by atomic mass is 10.2. The van der Waals surface area contributed by atoms with Gasteiger partial charge in [0.2, 0.25) is 0 Å². The summed E-state index contributed by atoms with van der Waals surface area (Å²) in [6.45, 7) is 3.33. The van der Waals surface area contributed by atoms with Crippen LogP contribution < -0.4 is 5.32 Å². The van der Waals surface area contributed by atoms with Crippen LogP contribution >= 0.6 is 23.1 Å². The van der Waals surface area contributed by atoms with Gasteiger partial charge in [-0.15, -0.1) is 11.3 Å². The average Bonchev–Trinajstić information content (AvgIpc) is 2.81. The summed E-state index contributed by atoms with van der Waals surface area (Å²) >= 11 is 3.80. The topological polar surface area (TPSA) is 24.9 Å². The van der Waals surface area contributed by atoms with E-state index in [1.54, 1.807) is 11.3 Å². The maximum absolute atomic E-state index is 4.33. The average molecular weight is 242 g/mol. The summed E-state index contributed by atoms with van der Waals surface area (Å²) in [7, 11) is 0. The van der Waals surface area contributed by atoms with E-state index in [1.165, 1.54) is 30.7 Å². The zero-order valence-corrected chi connectivity index (χ0v) is 10.7. The minimum absolute atomic E-state index is 0.402. The van der Waals surface area contributed by atoms with Crippen LogP contribution in [0.25, 0.3) is 0 Å². The highest BCUT2D eigenvalue weighted by molar-refractivity contribution is 7.99. The second kappa shape index (κ2) is 5.87. The van der Waals surface area contributed by atoms with E-state index in [2.05, 4.69) is 34.4 Å². The molecular weight excluding hydrogens is 224 g/mol. The van der Waals surface area contributed by atoms with E-state index in [1.807, 2.05) is 5.51 Å². The van der Waals surface area contributed by atoms with Gasteiger partial charge in [-0.05, 0) is 25.5 Å². The Morgan fingerprint density at radius 2 is 2.53 bits per heavy atom. The molecular formula is C11H18N2S2. The molecule has 1 aliphatic rings. The van der Waals surface area contributed by atoms with Crippen molar-refractivity contribution in [1.29, 1.82) is 0 Å². The highest BCUT2D eigenvalue weighted by atomic mass is 32.2. The van der Waals surface area contributed by atoms with Crippen molar-refractivity contribution in [2.45, 2.75) is 37.5 Å². The van der Waals surface area contributed by atoms with Gasteiger partial charge in [-0.3, -0.25) is 0 Å². The third-order valence-corrected chi connectivity index (χ3v) is 4.82.